The number of aromatic amines is 1. The Balaban J connectivity index is 2.59. The molecule has 0 fully saturated rings. The average molecular weight is 253 g/mol. The maximum absolute atomic E-state index is 6.24. The van der Waals surface area contributed by atoms with E-state index in [2.05, 4.69) is 11.9 Å². The Kier molecular flexibility index (Phi) is 3.60. The number of methoxy groups -OCH3 is 1. The van der Waals surface area contributed by atoms with Crippen molar-refractivity contribution in [2.45, 2.75) is 19.8 Å². The molecule has 0 atom stereocenters. The fourth-order valence-electron chi connectivity index (χ4n) is 2.14. The van der Waals surface area contributed by atoms with Crippen molar-refractivity contribution >= 4 is 22.5 Å². The van der Waals surface area contributed by atoms with Gasteiger partial charge in [-0.05, 0) is 44.0 Å². The summed E-state index contributed by atoms with van der Waals surface area (Å²) in [5.41, 5.74) is 8.90. The van der Waals surface area contributed by atoms with Crippen molar-refractivity contribution in [3.05, 3.63) is 28.4 Å². The number of H-pyrrole nitrogens is 1. The van der Waals surface area contributed by atoms with Gasteiger partial charge in [-0.1, -0.05) is 11.6 Å². The standard InChI is InChI=1S/C13H17ClN2O/c1-8-10(4-3-7-15)16-13-11(17-2)6-5-9(14)12(8)13/h5-6,16H,3-4,7,15H2,1-2H3. The summed E-state index contributed by atoms with van der Waals surface area (Å²) in [6.45, 7) is 2.77. The summed E-state index contributed by atoms with van der Waals surface area (Å²) in [6.07, 6.45) is 1.91. The lowest BCUT2D eigenvalue weighted by Gasteiger charge is -2.02. The summed E-state index contributed by atoms with van der Waals surface area (Å²) in [7, 11) is 1.67. The number of rotatable bonds is 4. The van der Waals surface area contributed by atoms with Crippen molar-refractivity contribution < 1.29 is 4.74 Å². The van der Waals surface area contributed by atoms with E-state index >= 15 is 0 Å². The Bertz CT molecular complexity index is 534. The van der Waals surface area contributed by atoms with Gasteiger partial charge >= 0.3 is 0 Å². The topological polar surface area (TPSA) is 51.0 Å². The number of aromatic nitrogens is 1. The molecule has 1 aromatic heterocycles. The highest BCUT2D eigenvalue weighted by Gasteiger charge is 2.13. The Morgan fingerprint density at radius 3 is 2.82 bits per heavy atom. The van der Waals surface area contributed by atoms with E-state index in [1.807, 2.05) is 12.1 Å². The Labute approximate surface area is 106 Å². The fourth-order valence-corrected chi connectivity index (χ4v) is 2.44. The molecule has 3 nitrogen and oxygen atoms in total. The molecule has 2 aromatic rings. The van der Waals surface area contributed by atoms with Crippen LogP contribution < -0.4 is 10.5 Å². The number of ether oxygens (including phenoxy) is 1. The molecule has 0 spiro atoms. The summed E-state index contributed by atoms with van der Waals surface area (Å²) in [5, 5.41) is 1.81. The maximum atomic E-state index is 6.24. The quantitative estimate of drug-likeness (QED) is 0.879. The van der Waals surface area contributed by atoms with Crippen LogP contribution in [0.3, 0.4) is 0 Å². The second-order valence-corrected chi connectivity index (χ2v) is 4.53. The van der Waals surface area contributed by atoms with Crippen LogP contribution in [0, 0.1) is 6.92 Å². The summed E-state index contributed by atoms with van der Waals surface area (Å²) in [6, 6.07) is 3.75. The number of fused-ring (bicyclic) bond motifs is 1. The molecule has 0 aliphatic rings. The molecule has 0 bridgehead atoms. The molecule has 3 N–H and O–H groups in total. The first-order chi connectivity index (χ1) is 8.19. The fraction of sp³-hybridized carbons (Fsp3) is 0.385. The first-order valence-corrected chi connectivity index (χ1v) is 6.10. The SMILES string of the molecule is COc1ccc(Cl)c2c(C)c(CCCN)[nH]c12. The van der Waals surface area contributed by atoms with E-state index in [1.54, 1.807) is 7.11 Å². The maximum Gasteiger partial charge on any atom is 0.143 e. The van der Waals surface area contributed by atoms with E-state index < -0.39 is 0 Å². The minimum absolute atomic E-state index is 0.694. The molecule has 0 amide bonds. The third-order valence-corrected chi connectivity index (χ3v) is 3.39. The number of benzene rings is 1. The monoisotopic (exact) mass is 252 g/mol. The number of hydrogen-bond acceptors (Lipinski definition) is 2. The van der Waals surface area contributed by atoms with Gasteiger partial charge in [0.15, 0.2) is 0 Å². The van der Waals surface area contributed by atoms with Crippen LogP contribution in [-0.4, -0.2) is 18.6 Å². The molecular formula is C13H17ClN2O. The molecule has 0 unspecified atom stereocenters. The number of halogens is 1. The number of nitrogens with one attached hydrogen (secondary N) is 1. The molecule has 0 aliphatic heterocycles. The Hall–Kier alpha value is -1.19. The third kappa shape index (κ3) is 2.13. The van der Waals surface area contributed by atoms with Crippen LogP contribution in [-0.2, 0) is 6.42 Å². The third-order valence-electron chi connectivity index (χ3n) is 3.07. The smallest absolute Gasteiger partial charge is 0.143 e. The molecule has 2 rings (SSSR count). The molecule has 0 saturated heterocycles. The van der Waals surface area contributed by atoms with Gasteiger partial charge < -0.3 is 15.5 Å². The van der Waals surface area contributed by atoms with E-state index in [9.17, 15) is 0 Å². The van der Waals surface area contributed by atoms with E-state index in [0.717, 1.165) is 34.5 Å². The van der Waals surface area contributed by atoms with Gasteiger partial charge in [-0.25, -0.2) is 0 Å². The van der Waals surface area contributed by atoms with Gasteiger partial charge in [-0.3, -0.25) is 0 Å². The molecule has 1 aromatic carbocycles. The average Bonchev–Trinajstić information content (AvgIpc) is 2.66. The minimum atomic E-state index is 0.694. The first kappa shape index (κ1) is 12.3. The molecular weight excluding hydrogens is 236 g/mol. The predicted octanol–water partition coefficient (Wildman–Crippen LogP) is 3.03. The van der Waals surface area contributed by atoms with Crippen LogP contribution in [0.1, 0.15) is 17.7 Å². The largest absolute Gasteiger partial charge is 0.495 e. The lowest BCUT2D eigenvalue weighted by molar-refractivity contribution is 0.419. The van der Waals surface area contributed by atoms with Crippen molar-refractivity contribution in [3.8, 4) is 5.75 Å². The lowest BCUT2D eigenvalue weighted by atomic mass is 10.1. The zero-order chi connectivity index (χ0) is 12.4. The second kappa shape index (κ2) is 4.98. The van der Waals surface area contributed by atoms with Crippen LogP contribution in [0.2, 0.25) is 5.02 Å². The van der Waals surface area contributed by atoms with Crippen LogP contribution in [0.4, 0.5) is 0 Å². The van der Waals surface area contributed by atoms with E-state index in [4.69, 9.17) is 22.1 Å². The summed E-state index contributed by atoms with van der Waals surface area (Å²) >= 11 is 6.24. The minimum Gasteiger partial charge on any atom is -0.495 e. The molecule has 0 saturated carbocycles. The summed E-state index contributed by atoms with van der Waals surface area (Å²) < 4.78 is 5.34. The molecule has 92 valence electrons. The number of hydrogen-bond donors (Lipinski definition) is 2. The number of aryl methyl sites for hydroxylation is 2. The van der Waals surface area contributed by atoms with Crippen molar-refractivity contribution in [3.63, 3.8) is 0 Å². The van der Waals surface area contributed by atoms with Crippen molar-refractivity contribution in [1.82, 2.24) is 4.98 Å². The van der Waals surface area contributed by atoms with Gasteiger partial charge in [-0.2, -0.15) is 0 Å². The summed E-state index contributed by atoms with van der Waals surface area (Å²) in [4.78, 5) is 3.39. The van der Waals surface area contributed by atoms with E-state index in [-0.39, 0.29) is 0 Å². The van der Waals surface area contributed by atoms with Crippen LogP contribution >= 0.6 is 11.6 Å². The zero-order valence-corrected chi connectivity index (χ0v) is 10.9. The van der Waals surface area contributed by atoms with E-state index in [1.165, 1.54) is 11.3 Å². The van der Waals surface area contributed by atoms with Crippen LogP contribution in [0.25, 0.3) is 10.9 Å². The number of nitrogens with two attached hydrogens (primary N) is 1. The van der Waals surface area contributed by atoms with Crippen LogP contribution in [0.15, 0.2) is 12.1 Å². The highest BCUT2D eigenvalue weighted by Crippen LogP contribution is 2.35. The normalized spacial score (nSPS) is 11.1. The van der Waals surface area contributed by atoms with Crippen LogP contribution in [0.5, 0.6) is 5.75 Å². The first-order valence-electron chi connectivity index (χ1n) is 5.72. The predicted molar refractivity (Wildman–Crippen MR) is 72.0 cm³/mol. The molecule has 17 heavy (non-hydrogen) atoms. The van der Waals surface area contributed by atoms with Crippen molar-refractivity contribution in [1.29, 1.82) is 0 Å². The van der Waals surface area contributed by atoms with Gasteiger partial charge in [-0.15, -0.1) is 0 Å². The zero-order valence-electron chi connectivity index (χ0n) is 10.1. The molecule has 0 aliphatic carbocycles. The van der Waals surface area contributed by atoms with Gasteiger partial charge in [0.05, 0.1) is 17.6 Å². The highest BCUT2D eigenvalue weighted by molar-refractivity contribution is 6.36. The van der Waals surface area contributed by atoms with E-state index in [0.29, 0.717) is 6.54 Å². The molecule has 1 heterocycles. The van der Waals surface area contributed by atoms with Gasteiger partial charge in [0, 0.05) is 11.1 Å². The van der Waals surface area contributed by atoms with Gasteiger partial charge in [0.2, 0.25) is 0 Å². The molecule has 0 radical (unpaired) electrons. The Morgan fingerprint density at radius 1 is 1.41 bits per heavy atom. The van der Waals surface area contributed by atoms with Crippen molar-refractivity contribution in [2.75, 3.05) is 13.7 Å². The second-order valence-electron chi connectivity index (χ2n) is 4.12. The van der Waals surface area contributed by atoms with Gasteiger partial charge in [0.1, 0.15) is 5.75 Å². The van der Waals surface area contributed by atoms with Gasteiger partial charge in [0.25, 0.3) is 0 Å². The Morgan fingerprint density at radius 2 is 2.18 bits per heavy atom. The summed E-state index contributed by atoms with van der Waals surface area (Å²) in [5.74, 6) is 0.825. The van der Waals surface area contributed by atoms with Crippen molar-refractivity contribution in [2.24, 2.45) is 5.73 Å². The molecule has 4 heteroatoms. The lowest BCUT2D eigenvalue weighted by Crippen LogP contribution is -2.01. The highest BCUT2D eigenvalue weighted by atomic mass is 35.5.